The summed E-state index contributed by atoms with van der Waals surface area (Å²) in [6, 6.07) is 1.65. The van der Waals surface area contributed by atoms with Gasteiger partial charge in [-0.3, -0.25) is 9.89 Å². The Labute approximate surface area is 160 Å². The number of nitrogens with one attached hydrogen (secondary N) is 1. The molecular weight excluding hydrogens is 432 g/mol. The second-order valence-electron chi connectivity index (χ2n) is 5.88. The van der Waals surface area contributed by atoms with Gasteiger partial charge in [-0.25, -0.2) is 0 Å². The molecule has 0 aliphatic heterocycles. The van der Waals surface area contributed by atoms with Crippen molar-refractivity contribution in [3.8, 4) is 22.6 Å². The topological polar surface area (TPSA) is 97.8 Å². The number of hydrogen-bond acceptors (Lipinski definition) is 4. The summed E-state index contributed by atoms with van der Waals surface area (Å²) in [6.45, 7) is 0. The molecule has 30 heavy (non-hydrogen) atoms. The summed E-state index contributed by atoms with van der Waals surface area (Å²) in [5, 5.41) is 8.14. The second-order valence-corrected chi connectivity index (χ2v) is 5.88. The van der Waals surface area contributed by atoms with Gasteiger partial charge in [-0.1, -0.05) is 11.2 Å². The van der Waals surface area contributed by atoms with E-state index in [0.717, 1.165) is 12.3 Å². The van der Waals surface area contributed by atoms with Gasteiger partial charge in [0.2, 0.25) is 5.91 Å². The van der Waals surface area contributed by atoms with Crippen LogP contribution in [0.15, 0.2) is 35.1 Å². The number of nitrogens with zero attached hydrogens (tertiary/aromatic N) is 2. The van der Waals surface area contributed by atoms with E-state index in [1.165, 1.54) is 0 Å². The fourth-order valence-electron chi connectivity index (χ4n) is 2.77. The summed E-state index contributed by atoms with van der Waals surface area (Å²) in [7, 11) is 0. The monoisotopic (exact) mass is 440 g/mol. The highest BCUT2D eigenvalue weighted by atomic mass is 19.4. The quantitative estimate of drug-likeness (QED) is 0.584. The van der Waals surface area contributed by atoms with E-state index >= 15 is 0 Å². The smallest absolute Gasteiger partial charge is 0.366 e. The number of rotatable bonds is 4. The SMILES string of the molecule is NC(=O)c1ccc(C(F)(F)C(F)(F)F)c(-c2[nH]ncc2C(F)(F)F)c1-c1ccno1. The lowest BCUT2D eigenvalue weighted by Gasteiger charge is -2.25. The number of aromatic amines is 1. The molecule has 160 valence electrons. The van der Waals surface area contributed by atoms with E-state index < -0.39 is 63.5 Å². The van der Waals surface area contributed by atoms with Crippen molar-refractivity contribution in [1.29, 1.82) is 0 Å². The Hall–Kier alpha value is -3.45. The molecule has 1 aromatic carbocycles. The standard InChI is InChI=1S/C16H8F8N4O2/c17-14(18,16(22,23)24)7-2-1-6(13(25)29)10(9-3-4-27-30-9)11(7)12-8(5-26-28-12)15(19,20)21/h1-5H,(H2,25,29)(H,26,28). The van der Waals surface area contributed by atoms with Crippen LogP contribution < -0.4 is 5.73 Å². The van der Waals surface area contributed by atoms with Gasteiger partial charge in [0.15, 0.2) is 5.76 Å². The van der Waals surface area contributed by atoms with Gasteiger partial charge in [0.1, 0.15) is 5.56 Å². The van der Waals surface area contributed by atoms with Gasteiger partial charge in [-0.2, -0.15) is 40.2 Å². The van der Waals surface area contributed by atoms with E-state index in [2.05, 4.69) is 10.3 Å². The third-order valence-electron chi connectivity index (χ3n) is 4.04. The Morgan fingerprint density at radius 2 is 1.63 bits per heavy atom. The molecule has 0 aliphatic carbocycles. The maximum absolute atomic E-state index is 14.3. The molecule has 6 nitrogen and oxygen atoms in total. The van der Waals surface area contributed by atoms with Gasteiger partial charge in [0.05, 0.1) is 23.7 Å². The normalized spacial score (nSPS) is 12.9. The Bertz CT molecular complexity index is 1080. The van der Waals surface area contributed by atoms with Crippen molar-refractivity contribution >= 4 is 5.91 Å². The average Bonchev–Trinajstić information content (AvgIpc) is 3.30. The number of H-pyrrole nitrogens is 1. The minimum atomic E-state index is -6.17. The van der Waals surface area contributed by atoms with Crippen LogP contribution in [0.2, 0.25) is 0 Å². The Morgan fingerprint density at radius 1 is 0.967 bits per heavy atom. The molecule has 0 radical (unpaired) electrons. The molecule has 1 amide bonds. The predicted molar refractivity (Wildman–Crippen MR) is 83.0 cm³/mol. The molecule has 3 aromatic rings. The molecule has 14 heteroatoms. The van der Waals surface area contributed by atoms with Gasteiger partial charge in [-0.15, -0.1) is 0 Å². The van der Waals surface area contributed by atoms with E-state index in [1.54, 1.807) is 5.10 Å². The number of amides is 1. The number of benzene rings is 1. The first-order valence-electron chi connectivity index (χ1n) is 7.70. The third-order valence-corrected chi connectivity index (χ3v) is 4.04. The average molecular weight is 440 g/mol. The summed E-state index contributed by atoms with van der Waals surface area (Å²) in [6.07, 6.45) is -10.2. The predicted octanol–water partition coefficient (Wildman–Crippen LogP) is 4.50. The highest BCUT2D eigenvalue weighted by Gasteiger charge is 2.60. The molecule has 3 N–H and O–H groups in total. The minimum Gasteiger partial charge on any atom is -0.366 e. The summed E-state index contributed by atoms with van der Waals surface area (Å²) in [4.78, 5) is 11.8. The maximum Gasteiger partial charge on any atom is 0.458 e. The van der Waals surface area contributed by atoms with Crippen LogP contribution in [-0.4, -0.2) is 27.4 Å². The highest BCUT2D eigenvalue weighted by Crippen LogP contribution is 2.51. The van der Waals surface area contributed by atoms with Crippen molar-refractivity contribution in [2.24, 2.45) is 5.73 Å². The zero-order valence-corrected chi connectivity index (χ0v) is 14.2. The third kappa shape index (κ3) is 3.37. The van der Waals surface area contributed by atoms with Crippen LogP contribution in [0, 0.1) is 0 Å². The van der Waals surface area contributed by atoms with Crippen LogP contribution in [0.5, 0.6) is 0 Å². The maximum atomic E-state index is 14.3. The van der Waals surface area contributed by atoms with Crippen molar-refractivity contribution in [1.82, 2.24) is 15.4 Å². The van der Waals surface area contributed by atoms with Crippen molar-refractivity contribution in [3.63, 3.8) is 0 Å². The summed E-state index contributed by atoms with van der Waals surface area (Å²) in [5.41, 5.74) is -2.43. The first kappa shape index (κ1) is 21.3. The molecule has 0 saturated heterocycles. The number of carbonyl (C=O) groups is 1. The minimum absolute atomic E-state index is 0.170. The fourth-order valence-corrected chi connectivity index (χ4v) is 2.77. The largest absolute Gasteiger partial charge is 0.458 e. The van der Waals surface area contributed by atoms with Gasteiger partial charge in [-0.05, 0) is 6.07 Å². The van der Waals surface area contributed by atoms with Gasteiger partial charge >= 0.3 is 18.3 Å². The van der Waals surface area contributed by atoms with Gasteiger partial charge < -0.3 is 10.3 Å². The van der Waals surface area contributed by atoms with E-state index in [0.29, 0.717) is 6.07 Å². The zero-order chi connectivity index (χ0) is 22.5. The number of hydrogen-bond donors (Lipinski definition) is 2. The number of nitrogens with two attached hydrogens (primary N) is 1. The van der Waals surface area contributed by atoms with Crippen molar-refractivity contribution < 1.29 is 44.4 Å². The lowest BCUT2D eigenvalue weighted by atomic mass is 9.87. The summed E-state index contributed by atoms with van der Waals surface area (Å²) in [5.74, 6) is -7.50. The lowest BCUT2D eigenvalue weighted by molar-refractivity contribution is -0.289. The lowest BCUT2D eigenvalue weighted by Crippen LogP contribution is -2.34. The first-order valence-corrected chi connectivity index (χ1v) is 7.70. The first-order chi connectivity index (χ1) is 13.8. The van der Waals surface area contributed by atoms with E-state index in [4.69, 9.17) is 10.3 Å². The van der Waals surface area contributed by atoms with Crippen LogP contribution >= 0.6 is 0 Å². The summed E-state index contributed by atoms with van der Waals surface area (Å²) < 4.78 is 113. The fraction of sp³-hybridized carbons (Fsp3) is 0.188. The molecule has 2 heterocycles. The Kier molecular flexibility index (Phi) is 4.83. The number of aromatic nitrogens is 3. The molecule has 0 spiro atoms. The second kappa shape index (κ2) is 6.81. The Morgan fingerprint density at radius 3 is 2.13 bits per heavy atom. The van der Waals surface area contributed by atoms with E-state index in [9.17, 15) is 39.9 Å². The summed E-state index contributed by atoms with van der Waals surface area (Å²) >= 11 is 0. The van der Waals surface area contributed by atoms with Crippen LogP contribution in [0.3, 0.4) is 0 Å². The molecule has 0 aliphatic rings. The van der Waals surface area contributed by atoms with Crippen LogP contribution in [0.1, 0.15) is 21.5 Å². The number of halogens is 8. The van der Waals surface area contributed by atoms with Crippen molar-refractivity contribution in [2.75, 3.05) is 0 Å². The number of carbonyl (C=O) groups excluding carboxylic acids is 1. The Balaban J connectivity index is 2.53. The van der Waals surface area contributed by atoms with Gasteiger partial charge in [0.25, 0.3) is 0 Å². The van der Waals surface area contributed by atoms with E-state index in [-0.39, 0.29) is 12.3 Å². The molecule has 0 unspecified atom stereocenters. The molecule has 0 fully saturated rings. The zero-order valence-electron chi connectivity index (χ0n) is 14.2. The highest BCUT2D eigenvalue weighted by molar-refractivity contribution is 6.04. The molecule has 0 saturated carbocycles. The number of primary amides is 1. The van der Waals surface area contributed by atoms with Crippen LogP contribution in [-0.2, 0) is 12.1 Å². The van der Waals surface area contributed by atoms with Crippen molar-refractivity contribution in [3.05, 3.63) is 47.3 Å². The number of alkyl halides is 8. The molecule has 3 rings (SSSR count). The van der Waals surface area contributed by atoms with E-state index in [1.807, 2.05) is 0 Å². The molecular formula is C16H8F8N4O2. The van der Waals surface area contributed by atoms with Crippen LogP contribution in [0.25, 0.3) is 22.6 Å². The van der Waals surface area contributed by atoms with Crippen molar-refractivity contribution in [2.45, 2.75) is 18.3 Å². The van der Waals surface area contributed by atoms with Gasteiger partial charge in [0, 0.05) is 22.8 Å². The molecule has 2 aromatic heterocycles. The molecule has 0 atom stereocenters. The molecule has 0 bridgehead atoms. The van der Waals surface area contributed by atoms with Crippen LogP contribution in [0.4, 0.5) is 35.1 Å².